The maximum Gasteiger partial charge on any atom is 0.228 e. The van der Waals surface area contributed by atoms with Gasteiger partial charge in [-0.2, -0.15) is 5.26 Å². The molecule has 0 radical (unpaired) electrons. The topological polar surface area (TPSA) is 70.7 Å². The zero-order chi connectivity index (χ0) is 19.5. The fourth-order valence-corrected chi connectivity index (χ4v) is 3.35. The summed E-state index contributed by atoms with van der Waals surface area (Å²) >= 11 is 0. The number of carbonyl (C=O) groups is 1. The predicted molar refractivity (Wildman–Crippen MR) is 109 cm³/mol. The van der Waals surface area contributed by atoms with Crippen LogP contribution in [0.5, 0.6) is 0 Å². The van der Waals surface area contributed by atoms with Crippen LogP contribution in [0.4, 0.5) is 5.69 Å². The van der Waals surface area contributed by atoms with E-state index in [2.05, 4.69) is 27.0 Å². The van der Waals surface area contributed by atoms with Crippen LogP contribution in [0.25, 0.3) is 16.6 Å². The highest BCUT2D eigenvalue weighted by molar-refractivity contribution is 5.92. The van der Waals surface area contributed by atoms with Crippen LogP contribution in [0, 0.1) is 18.3 Å². The van der Waals surface area contributed by atoms with E-state index >= 15 is 0 Å². The summed E-state index contributed by atoms with van der Waals surface area (Å²) in [6.45, 7) is 2.04. The Bertz CT molecular complexity index is 1190. The molecule has 2 aromatic carbocycles. The van der Waals surface area contributed by atoms with E-state index in [0.29, 0.717) is 5.56 Å². The number of amides is 1. The van der Waals surface area contributed by atoms with Crippen LogP contribution in [-0.2, 0) is 11.2 Å². The van der Waals surface area contributed by atoms with Crippen molar-refractivity contribution in [1.82, 2.24) is 9.55 Å². The lowest BCUT2D eigenvalue weighted by Crippen LogP contribution is -2.14. The van der Waals surface area contributed by atoms with Crippen molar-refractivity contribution in [3.05, 3.63) is 89.9 Å². The molecule has 5 nitrogen and oxygen atoms in total. The molecule has 2 aromatic heterocycles. The lowest BCUT2D eigenvalue weighted by molar-refractivity contribution is -0.115. The summed E-state index contributed by atoms with van der Waals surface area (Å²) in [6.07, 6.45) is 3.67. The monoisotopic (exact) mass is 366 g/mol. The SMILES string of the molecule is Cc1cc2cc(C#N)ccc2n1-c1ccc(NC(=O)Cc2cccnc2)cc1. The van der Waals surface area contributed by atoms with Gasteiger partial charge >= 0.3 is 0 Å². The minimum atomic E-state index is -0.0765. The van der Waals surface area contributed by atoms with E-state index < -0.39 is 0 Å². The molecule has 5 heteroatoms. The van der Waals surface area contributed by atoms with Crippen molar-refractivity contribution in [1.29, 1.82) is 5.26 Å². The van der Waals surface area contributed by atoms with E-state index in [1.165, 1.54) is 0 Å². The van der Waals surface area contributed by atoms with E-state index in [4.69, 9.17) is 5.26 Å². The Kier molecular flexibility index (Phi) is 4.61. The number of aromatic nitrogens is 2. The molecular weight excluding hydrogens is 348 g/mol. The van der Waals surface area contributed by atoms with Crippen LogP contribution in [0.1, 0.15) is 16.8 Å². The van der Waals surface area contributed by atoms with E-state index in [1.54, 1.807) is 12.4 Å². The van der Waals surface area contributed by atoms with Gasteiger partial charge < -0.3 is 9.88 Å². The molecule has 0 unspecified atom stereocenters. The summed E-state index contributed by atoms with van der Waals surface area (Å²) in [4.78, 5) is 16.2. The third kappa shape index (κ3) is 3.49. The van der Waals surface area contributed by atoms with Gasteiger partial charge in [-0.25, -0.2) is 0 Å². The first-order valence-corrected chi connectivity index (χ1v) is 8.95. The van der Waals surface area contributed by atoms with Gasteiger partial charge in [0.05, 0.1) is 23.6 Å². The molecule has 2 heterocycles. The predicted octanol–water partition coefficient (Wildman–Crippen LogP) is 4.39. The summed E-state index contributed by atoms with van der Waals surface area (Å²) in [5.74, 6) is -0.0765. The molecule has 4 aromatic rings. The number of carbonyl (C=O) groups excluding carboxylic acids is 1. The third-order valence-electron chi connectivity index (χ3n) is 4.61. The molecule has 4 rings (SSSR count). The molecule has 0 aliphatic heterocycles. The average molecular weight is 366 g/mol. The number of rotatable bonds is 4. The van der Waals surface area contributed by atoms with E-state index in [-0.39, 0.29) is 12.3 Å². The van der Waals surface area contributed by atoms with Crippen molar-refractivity contribution in [3.63, 3.8) is 0 Å². The first-order valence-electron chi connectivity index (χ1n) is 8.95. The van der Waals surface area contributed by atoms with Gasteiger partial charge in [0.1, 0.15) is 0 Å². The van der Waals surface area contributed by atoms with Gasteiger partial charge in [-0.1, -0.05) is 6.07 Å². The number of hydrogen-bond donors (Lipinski definition) is 1. The average Bonchev–Trinajstić information content (AvgIpc) is 3.04. The lowest BCUT2D eigenvalue weighted by atomic mass is 10.2. The molecule has 0 saturated heterocycles. The van der Waals surface area contributed by atoms with Gasteiger partial charge in [0.2, 0.25) is 5.91 Å². The zero-order valence-corrected chi connectivity index (χ0v) is 15.4. The van der Waals surface area contributed by atoms with Crippen molar-refractivity contribution >= 4 is 22.5 Å². The molecule has 0 aliphatic rings. The molecule has 1 amide bonds. The first-order chi connectivity index (χ1) is 13.6. The van der Waals surface area contributed by atoms with Crippen molar-refractivity contribution < 1.29 is 4.79 Å². The maximum absolute atomic E-state index is 12.2. The Morgan fingerprint density at radius 1 is 1.14 bits per heavy atom. The first kappa shape index (κ1) is 17.5. The summed E-state index contributed by atoms with van der Waals surface area (Å²) in [5, 5.41) is 13.0. The Morgan fingerprint density at radius 2 is 1.96 bits per heavy atom. The van der Waals surface area contributed by atoms with Gasteiger partial charge in [-0.3, -0.25) is 9.78 Å². The van der Waals surface area contributed by atoms with E-state index in [0.717, 1.165) is 33.5 Å². The van der Waals surface area contributed by atoms with E-state index in [1.807, 2.05) is 61.5 Å². The van der Waals surface area contributed by atoms with Crippen LogP contribution in [0.2, 0.25) is 0 Å². The van der Waals surface area contributed by atoms with Gasteiger partial charge in [0, 0.05) is 34.8 Å². The Balaban J connectivity index is 1.55. The molecule has 136 valence electrons. The standard InChI is InChI=1S/C23H18N4O/c1-16-11-19-12-17(14-24)4-9-22(19)27(16)21-7-5-20(6-8-21)26-23(28)13-18-3-2-10-25-15-18/h2-12,15H,13H2,1H3,(H,26,28). The number of aryl methyl sites for hydroxylation is 1. The second-order valence-electron chi connectivity index (χ2n) is 6.64. The fraction of sp³-hybridized carbons (Fsp3) is 0.0870. The third-order valence-corrected chi connectivity index (χ3v) is 4.61. The number of hydrogen-bond acceptors (Lipinski definition) is 3. The number of nitrogens with one attached hydrogen (secondary N) is 1. The number of pyridine rings is 1. The van der Waals surface area contributed by atoms with Crippen LogP contribution < -0.4 is 5.32 Å². The fourth-order valence-electron chi connectivity index (χ4n) is 3.35. The molecule has 0 atom stereocenters. The highest BCUT2D eigenvalue weighted by Gasteiger charge is 2.09. The normalized spacial score (nSPS) is 10.6. The number of anilines is 1. The van der Waals surface area contributed by atoms with Gasteiger partial charge in [-0.05, 0) is 67.1 Å². The van der Waals surface area contributed by atoms with Crippen LogP contribution in [0.3, 0.4) is 0 Å². The largest absolute Gasteiger partial charge is 0.326 e. The van der Waals surface area contributed by atoms with Crippen LogP contribution in [-0.4, -0.2) is 15.5 Å². The summed E-state index contributed by atoms with van der Waals surface area (Å²) in [7, 11) is 0. The lowest BCUT2D eigenvalue weighted by Gasteiger charge is -2.10. The van der Waals surface area contributed by atoms with Crippen molar-refractivity contribution in [2.45, 2.75) is 13.3 Å². The molecule has 0 spiro atoms. The Hall–Kier alpha value is -3.91. The van der Waals surface area contributed by atoms with Gasteiger partial charge in [0.15, 0.2) is 0 Å². The Morgan fingerprint density at radius 3 is 2.68 bits per heavy atom. The number of nitrogens with zero attached hydrogens (tertiary/aromatic N) is 3. The van der Waals surface area contributed by atoms with Gasteiger partial charge in [-0.15, -0.1) is 0 Å². The smallest absolute Gasteiger partial charge is 0.228 e. The van der Waals surface area contributed by atoms with Gasteiger partial charge in [0.25, 0.3) is 0 Å². The van der Waals surface area contributed by atoms with Crippen LogP contribution in [0.15, 0.2) is 73.1 Å². The molecule has 28 heavy (non-hydrogen) atoms. The zero-order valence-electron chi connectivity index (χ0n) is 15.4. The van der Waals surface area contributed by atoms with E-state index in [9.17, 15) is 4.79 Å². The highest BCUT2D eigenvalue weighted by Crippen LogP contribution is 2.26. The number of nitriles is 1. The molecule has 1 N–H and O–H groups in total. The second-order valence-corrected chi connectivity index (χ2v) is 6.64. The number of benzene rings is 2. The Labute approximate surface area is 162 Å². The summed E-state index contributed by atoms with van der Waals surface area (Å²) in [6, 6.07) is 21.4. The molecule has 0 aliphatic carbocycles. The maximum atomic E-state index is 12.2. The minimum absolute atomic E-state index is 0.0765. The molecular formula is C23H18N4O. The quantitative estimate of drug-likeness (QED) is 0.582. The minimum Gasteiger partial charge on any atom is -0.326 e. The number of fused-ring (bicyclic) bond motifs is 1. The molecule has 0 fully saturated rings. The molecule has 0 saturated carbocycles. The van der Waals surface area contributed by atoms with Crippen molar-refractivity contribution in [2.75, 3.05) is 5.32 Å². The second kappa shape index (κ2) is 7.37. The highest BCUT2D eigenvalue weighted by atomic mass is 16.1. The summed E-state index contributed by atoms with van der Waals surface area (Å²) < 4.78 is 2.14. The van der Waals surface area contributed by atoms with Crippen molar-refractivity contribution in [2.24, 2.45) is 0 Å². The van der Waals surface area contributed by atoms with Crippen molar-refractivity contribution in [3.8, 4) is 11.8 Å². The van der Waals surface area contributed by atoms with Crippen LogP contribution >= 0.6 is 0 Å². The summed E-state index contributed by atoms with van der Waals surface area (Å²) in [5.41, 5.74) is 5.41. The molecule has 0 bridgehead atoms.